The summed E-state index contributed by atoms with van der Waals surface area (Å²) in [6.07, 6.45) is 3.19. The summed E-state index contributed by atoms with van der Waals surface area (Å²) >= 11 is 0. The van der Waals surface area contributed by atoms with Crippen LogP contribution >= 0.6 is 0 Å². The van der Waals surface area contributed by atoms with E-state index in [0.29, 0.717) is 0 Å². The lowest BCUT2D eigenvalue weighted by atomic mass is 9.94. The number of rotatable bonds is 4. The molecule has 0 radical (unpaired) electrons. The first-order valence-electron chi connectivity index (χ1n) is 8.13. The van der Waals surface area contributed by atoms with Gasteiger partial charge < -0.3 is 0 Å². The molecule has 0 aliphatic rings. The molecule has 0 aliphatic heterocycles. The molecule has 0 aromatic heterocycles. The van der Waals surface area contributed by atoms with E-state index < -0.39 is 0 Å². The van der Waals surface area contributed by atoms with Crippen LogP contribution in [0.5, 0.6) is 0 Å². The highest BCUT2D eigenvalue weighted by molar-refractivity contribution is 5.74. The van der Waals surface area contributed by atoms with E-state index in [2.05, 4.69) is 98.8 Å². The Balaban J connectivity index is 2.11. The fourth-order valence-corrected chi connectivity index (χ4v) is 2.81. The molecule has 0 heterocycles. The van der Waals surface area contributed by atoms with Crippen molar-refractivity contribution in [1.82, 2.24) is 0 Å². The lowest BCUT2D eigenvalue weighted by Gasteiger charge is -2.11. The first-order valence-corrected chi connectivity index (χ1v) is 8.13. The van der Waals surface area contributed by atoms with Crippen LogP contribution in [0.4, 0.5) is 0 Å². The van der Waals surface area contributed by atoms with Gasteiger partial charge in [0.1, 0.15) is 0 Å². The minimum Gasteiger partial charge on any atom is -0.0884 e. The number of allylic oxidation sites excluding steroid dienone is 2. The van der Waals surface area contributed by atoms with Gasteiger partial charge in [-0.05, 0) is 54.2 Å². The molecular weight excluding hydrogens is 276 g/mol. The Hall–Kier alpha value is -2.60. The molecule has 0 saturated carbocycles. The van der Waals surface area contributed by atoms with E-state index in [1.807, 2.05) is 0 Å². The van der Waals surface area contributed by atoms with Gasteiger partial charge in [-0.15, -0.1) is 0 Å². The van der Waals surface area contributed by atoms with E-state index >= 15 is 0 Å². The van der Waals surface area contributed by atoms with Gasteiger partial charge in [0, 0.05) is 0 Å². The molecule has 0 saturated heterocycles. The van der Waals surface area contributed by atoms with E-state index in [1.165, 1.54) is 33.4 Å². The summed E-state index contributed by atoms with van der Waals surface area (Å²) in [6, 6.07) is 28.2. The molecule has 0 bridgehead atoms. The van der Waals surface area contributed by atoms with Crippen LogP contribution in [0.3, 0.4) is 0 Å². The second kappa shape index (κ2) is 7.11. The van der Waals surface area contributed by atoms with Gasteiger partial charge in [-0.2, -0.15) is 0 Å². The molecule has 0 unspecified atom stereocenters. The molecule has 0 atom stereocenters. The van der Waals surface area contributed by atoms with Gasteiger partial charge >= 0.3 is 0 Å². The van der Waals surface area contributed by atoms with Gasteiger partial charge in [0.05, 0.1) is 0 Å². The smallest absolute Gasteiger partial charge is 0.00696 e. The Morgan fingerprint density at radius 2 is 1.17 bits per heavy atom. The molecule has 3 aromatic carbocycles. The average Bonchev–Trinajstić information content (AvgIpc) is 2.63. The van der Waals surface area contributed by atoms with Crippen LogP contribution in [0.25, 0.3) is 22.3 Å². The lowest BCUT2D eigenvalue weighted by molar-refractivity contribution is 1.14. The van der Waals surface area contributed by atoms with Crippen molar-refractivity contribution in [2.75, 3.05) is 0 Å². The van der Waals surface area contributed by atoms with Crippen molar-refractivity contribution in [3.63, 3.8) is 0 Å². The molecule has 0 heteroatoms. The molecule has 3 aromatic rings. The molecule has 0 nitrogen and oxygen atoms in total. The maximum atomic E-state index is 2.31. The van der Waals surface area contributed by atoms with Gasteiger partial charge in [-0.3, -0.25) is 0 Å². The van der Waals surface area contributed by atoms with Crippen LogP contribution in [0.2, 0.25) is 0 Å². The van der Waals surface area contributed by atoms with E-state index in [9.17, 15) is 0 Å². The predicted octanol–water partition coefficient (Wildman–Crippen LogP) is 6.53. The van der Waals surface area contributed by atoms with Crippen molar-refractivity contribution >= 4 is 0 Å². The summed E-state index contributed by atoms with van der Waals surface area (Å²) in [7, 11) is 0. The Morgan fingerprint density at radius 3 is 1.61 bits per heavy atom. The number of hydrogen-bond acceptors (Lipinski definition) is 0. The SMILES string of the molecule is C/C=C(\C)Cc1cc(-c2ccccc2)cc(-c2ccccc2)c1. The zero-order valence-electron chi connectivity index (χ0n) is 13.8. The molecule has 0 fully saturated rings. The second-order valence-electron chi connectivity index (χ2n) is 5.96. The normalized spacial score (nSPS) is 11.5. The van der Waals surface area contributed by atoms with Gasteiger partial charge in [0.25, 0.3) is 0 Å². The summed E-state index contributed by atoms with van der Waals surface area (Å²) in [5.41, 5.74) is 7.86. The van der Waals surface area contributed by atoms with Crippen molar-refractivity contribution in [3.8, 4) is 22.3 Å². The van der Waals surface area contributed by atoms with E-state index in [4.69, 9.17) is 0 Å². The fourth-order valence-electron chi connectivity index (χ4n) is 2.81. The first-order chi connectivity index (χ1) is 11.3. The first kappa shape index (κ1) is 15.3. The fraction of sp³-hybridized carbons (Fsp3) is 0.130. The Bertz CT molecular complexity index is 738. The highest BCUT2D eigenvalue weighted by Gasteiger charge is 2.06. The topological polar surface area (TPSA) is 0 Å². The van der Waals surface area contributed by atoms with Crippen LogP contribution in [0.15, 0.2) is 90.5 Å². The quantitative estimate of drug-likeness (QED) is 0.480. The molecule has 114 valence electrons. The van der Waals surface area contributed by atoms with Gasteiger partial charge in [0.2, 0.25) is 0 Å². The van der Waals surface area contributed by atoms with E-state index in [0.717, 1.165) is 6.42 Å². The van der Waals surface area contributed by atoms with Crippen LogP contribution in [-0.2, 0) is 6.42 Å². The highest BCUT2D eigenvalue weighted by atomic mass is 14.1. The number of hydrogen-bond donors (Lipinski definition) is 0. The van der Waals surface area contributed by atoms with Crippen LogP contribution in [0, 0.1) is 0 Å². The third-order valence-corrected chi connectivity index (χ3v) is 4.18. The number of benzene rings is 3. The van der Waals surface area contributed by atoms with Crippen molar-refractivity contribution < 1.29 is 0 Å². The Kier molecular flexibility index (Phi) is 4.73. The lowest BCUT2D eigenvalue weighted by Crippen LogP contribution is -1.90. The Labute approximate surface area is 139 Å². The zero-order chi connectivity index (χ0) is 16.1. The maximum absolute atomic E-state index is 2.31. The van der Waals surface area contributed by atoms with Crippen molar-refractivity contribution in [1.29, 1.82) is 0 Å². The molecule has 3 rings (SSSR count). The molecule has 0 aliphatic carbocycles. The minimum absolute atomic E-state index is 0.997. The van der Waals surface area contributed by atoms with Gasteiger partial charge in [0.15, 0.2) is 0 Å². The largest absolute Gasteiger partial charge is 0.0884 e. The molecule has 0 N–H and O–H groups in total. The predicted molar refractivity (Wildman–Crippen MR) is 100 cm³/mol. The summed E-state index contributed by atoms with van der Waals surface area (Å²) in [4.78, 5) is 0. The average molecular weight is 298 g/mol. The maximum Gasteiger partial charge on any atom is -0.00696 e. The third kappa shape index (κ3) is 3.78. The van der Waals surface area contributed by atoms with Crippen LogP contribution < -0.4 is 0 Å². The summed E-state index contributed by atoms with van der Waals surface area (Å²) in [5, 5.41) is 0. The van der Waals surface area contributed by atoms with Crippen LogP contribution in [-0.4, -0.2) is 0 Å². The monoisotopic (exact) mass is 298 g/mol. The van der Waals surface area contributed by atoms with Gasteiger partial charge in [-0.25, -0.2) is 0 Å². The summed E-state index contributed by atoms with van der Waals surface area (Å²) < 4.78 is 0. The minimum atomic E-state index is 0.997. The van der Waals surface area contributed by atoms with Crippen LogP contribution in [0.1, 0.15) is 19.4 Å². The zero-order valence-corrected chi connectivity index (χ0v) is 13.8. The summed E-state index contributed by atoms with van der Waals surface area (Å²) in [6.45, 7) is 4.30. The second-order valence-corrected chi connectivity index (χ2v) is 5.96. The summed E-state index contributed by atoms with van der Waals surface area (Å²) in [5.74, 6) is 0. The Morgan fingerprint density at radius 1 is 0.696 bits per heavy atom. The molecule has 0 amide bonds. The van der Waals surface area contributed by atoms with Gasteiger partial charge in [-0.1, -0.05) is 84.4 Å². The third-order valence-electron chi connectivity index (χ3n) is 4.18. The van der Waals surface area contributed by atoms with E-state index in [1.54, 1.807) is 0 Å². The van der Waals surface area contributed by atoms with E-state index in [-0.39, 0.29) is 0 Å². The molecule has 23 heavy (non-hydrogen) atoms. The van der Waals surface area contributed by atoms with Crippen molar-refractivity contribution in [2.24, 2.45) is 0 Å². The highest BCUT2D eigenvalue weighted by Crippen LogP contribution is 2.29. The van der Waals surface area contributed by atoms with Crippen molar-refractivity contribution in [3.05, 3.63) is 96.1 Å². The molecular formula is C23H22. The standard InChI is InChI=1S/C23H22/c1-3-18(2)14-19-15-22(20-10-6-4-7-11-20)17-23(16-19)21-12-8-5-9-13-21/h3-13,15-17H,14H2,1-2H3/b18-3+. The molecule has 0 spiro atoms. The van der Waals surface area contributed by atoms with Crippen molar-refractivity contribution in [2.45, 2.75) is 20.3 Å².